The van der Waals surface area contributed by atoms with Crippen molar-refractivity contribution in [3.63, 3.8) is 0 Å². The summed E-state index contributed by atoms with van der Waals surface area (Å²) in [5, 5.41) is 3.28. The van der Waals surface area contributed by atoms with Crippen molar-refractivity contribution in [1.82, 2.24) is 5.32 Å². The molecule has 2 aromatic rings. The van der Waals surface area contributed by atoms with Crippen LogP contribution < -0.4 is 10.2 Å². The Hall–Kier alpha value is -1.87. The van der Waals surface area contributed by atoms with Crippen molar-refractivity contribution in [2.24, 2.45) is 0 Å². The van der Waals surface area contributed by atoms with Crippen molar-refractivity contribution in [3.8, 4) is 0 Å². The van der Waals surface area contributed by atoms with E-state index in [1.807, 2.05) is 55.3 Å². The van der Waals surface area contributed by atoms with Gasteiger partial charge in [0.2, 0.25) is 0 Å². The number of benzene rings is 2. The first-order chi connectivity index (χ1) is 10.1. The van der Waals surface area contributed by atoms with Crippen LogP contribution in [0.1, 0.15) is 24.5 Å². The van der Waals surface area contributed by atoms with E-state index in [0.717, 1.165) is 24.2 Å². The van der Waals surface area contributed by atoms with Gasteiger partial charge in [0.15, 0.2) is 0 Å². The summed E-state index contributed by atoms with van der Waals surface area (Å²) in [6, 6.07) is 13.5. The molecule has 0 bridgehead atoms. The van der Waals surface area contributed by atoms with Gasteiger partial charge in [0.05, 0.1) is 5.69 Å². The molecule has 0 heterocycles. The van der Waals surface area contributed by atoms with Crippen LogP contribution in [0.25, 0.3) is 0 Å². The molecule has 2 nitrogen and oxygen atoms in total. The molecule has 0 aromatic heterocycles. The lowest BCUT2D eigenvalue weighted by atomic mass is 10.1. The van der Waals surface area contributed by atoms with Crippen LogP contribution in [0.3, 0.4) is 0 Å². The first-order valence-electron chi connectivity index (χ1n) is 7.41. The van der Waals surface area contributed by atoms with Gasteiger partial charge in [-0.05, 0) is 49.7 Å². The lowest BCUT2D eigenvalue weighted by molar-refractivity contribution is 0.619. The minimum Gasteiger partial charge on any atom is -0.342 e. The molecule has 0 saturated carbocycles. The van der Waals surface area contributed by atoms with E-state index in [0.29, 0.717) is 12.2 Å². The number of nitrogens with zero attached hydrogens (tertiary/aromatic N) is 1. The van der Waals surface area contributed by atoms with Crippen LogP contribution in [-0.2, 0) is 6.54 Å². The Morgan fingerprint density at radius 3 is 2.43 bits per heavy atom. The normalized spacial score (nSPS) is 10.7. The average molecular weight is 286 g/mol. The molecule has 3 heteroatoms. The molecule has 2 rings (SSSR count). The van der Waals surface area contributed by atoms with Crippen LogP contribution in [0.4, 0.5) is 15.8 Å². The molecule has 21 heavy (non-hydrogen) atoms. The first kappa shape index (κ1) is 15.5. The third kappa shape index (κ3) is 4.05. The molecule has 0 aliphatic carbocycles. The Morgan fingerprint density at radius 2 is 1.81 bits per heavy atom. The topological polar surface area (TPSA) is 15.3 Å². The van der Waals surface area contributed by atoms with Crippen LogP contribution in [0.15, 0.2) is 42.5 Å². The molecule has 0 spiro atoms. The van der Waals surface area contributed by atoms with Gasteiger partial charge in [-0.3, -0.25) is 0 Å². The quantitative estimate of drug-likeness (QED) is 0.792. The zero-order valence-corrected chi connectivity index (χ0v) is 13.0. The highest BCUT2D eigenvalue weighted by Crippen LogP contribution is 2.27. The van der Waals surface area contributed by atoms with Crippen molar-refractivity contribution in [2.75, 3.05) is 18.5 Å². The third-order valence-electron chi connectivity index (χ3n) is 3.55. The SMILES string of the molecule is CCCNCc1ccc(N(C)c2ccc(C)cc2)c(F)c1. The van der Waals surface area contributed by atoms with E-state index in [1.54, 1.807) is 6.07 Å². The number of hydrogen-bond acceptors (Lipinski definition) is 2. The molecular formula is C18H23FN2. The molecule has 0 aliphatic heterocycles. The second kappa shape index (κ2) is 7.23. The van der Waals surface area contributed by atoms with Crippen molar-refractivity contribution in [2.45, 2.75) is 26.8 Å². The molecule has 0 saturated heterocycles. The summed E-state index contributed by atoms with van der Waals surface area (Å²) in [7, 11) is 1.89. The van der Waals surface area contributed by atoms with Crippen molar-refractivity contribution in [3.05, 3.63) is 59.4 Å². The lowest BCUT2D eigenvalue weighted by Crippen LogP contribution is -2.15. The number of nitrogens with one attached hydrogen (secondary N) is 1. The standard InChI is InChI=1S/C18H23FN2/c1-4-11-20-13-15-7-10-18(17(19)12-15)21(3)16-8-5-14(2)6-9-16/h5-10,12,20H,4,11,13H2,1-3H3. The summed E-state index contributed by atoms with van der Waals surface area (Å²) in [6.45, 7) is 5.82. The highest BCUT2D eigenvalue weighted by Gasteiger charge is 2.10. The third-order valence-corrected chi connectivity index (χ3v) is 3.55. The fraction of sp³-hybridized carbons (Fsp3) is 0.333. The van der Waals surface area contributed by atoms with E-state index >= 15 is 0 Å². The molecule has 0 unspecified atom stereocenters. The van der Waals surface area contributed by atoms with E-state index in [-0.39, 0.29) is 5.82 Å². The number of hydrogen-bond donors (Lipinski definition) is 1. The highest BCUT2D eigenvalue weighted by atomic mass is 19.1. The summed E-state index contributed by atoms with van der Waals surface area (Å²) < 4.78 is 14.3. The van der Waals surface area contributed by atoms with E-state index in [2.05, 4.69) is 12.2 Å². The highest BCUT2D eigenvalue weighted by molar-refractivity contribution is 5.63. The van der Waals surface area contributed by atoms with Crippen molar-refractivity contribution >= 4 is 11.4 Å². The van der Waals surface area contributed by atoms with Crippen LogP contribution in [0, 0.1) is 12.7 Å². The maximum absolute atomic E-state index is 14.3. The summed E-state index contributed by atoms with van der Waals surface area (Å²) in [4.78, 5) is 1.87. The van der Waals surface area contributed by atoms with Gasteiger partial charge in [-0.25, -0.2) is 4.39 Å². The summed E-state index contributed by atoms with van der Waals surface area (Å²) >= 11 is 0. The fourth-order valence-corrected chi connectivity index (χ4v) is 2.25. The molecule has 0 amide bonds. The van der Waals surface area contributed by atoms with E-state index in [1.165, 1.54) is 5.56 Å². The maximum Gasteiger partial charge on any atom is 0.147 e. The molecule has 1 N–H and O–H groups in total. The van der Waals surface area contributed by atoms with Gasteiger partial charge in [-0.1, -0.05) is 30.7 Å². The summed E-state index contributed by atoms with van der Waals surface area (Å²) in [5.74, 6) is -0.186. The molecule has 0 atom stereocenters. The minimum atomic E-state index is -0.186. The van der Waals surface area contributed by atoms with E-state index in [9.17, 15) is 4.39 Å². The van der Waals surface area contributed by atoms with Gasteiger partial charge in [0.25, 0.3) is 0 Å². The Kier molecular flexibility index (Phi) is 5.34. The molecule has 112 valence electrons. The molecule has 0 radical (unpaired) electrons. The second-order valence-electron chi connectivity index (χ2n) is 5.36. The largest absolute Gasteiger partial charge is 0.342 e. The smallest absolute Gasteiger partial charge is 0.147 e. The van der Waals surface area contributed by atoms with Gasteiger partial charge in [-0.2, -0.15) is 0 Å². The molecule has 0 fully saturated rings. The van der Waals surface area contributed by atoms with Crippen LogP contribution in [0.5, 0.6) is 0 Å². The van der Waals surface area contributed by atoms with Crippen molar-refractivity contribution < 1.29 is 4.39 Å². The van der Waals surface area contributed by atoms with Crippen LogP contribution in [0.2, 0.25) is 0 Å². The Morgan fingerprint density at radius 1 is 1.10 bits per heavy atom. The zero-order chi connectivity index (χ0) is 15.2. The monoisotopic (exact) mass is 286 g/mol. The van der Waals surface area contributed by atoms with Gasteiger partial charge < -0.3 is 10.2 Å². The maximum atomic E-state index is 14.3. The number of rotatable bonds is 6. The van der Waals surface area contributed by atoms with E-state index < -0.39 is 0 Å². The molecule has 0 aliphatic rings. The van der Waals surface area contributed by atoms with Gasteiger partial charge in [0.1, 0.15) is 5.82 Å². The predicted octanol–water partition coefficient (Wildman–Crippen LogP) is 4.40. The zero-order valence-electron chi connectivity index (χ0n) is 13.0. The lowest BCUT2D eigenvalue weighted by Gasteiger charge is -2.21. The van der Waals surface area contributed by atoms with Crippen molar-refractivity contribution in [1.29, 1.82) is 0 Å². The predicted molar refractivity (Wildman–Crippen MR) is 87.6 cm³/mol. The fourth-order valence-electron chi connectivity index (χ4n) is 2.25. The van der Waals surface area contributed by atoms with Gasteiger partial charge >= 0.3 is 0 Å². The number of aryl methyl sites for hydroxylation is 1. The number of anilines is 2. The van der Waals surface area contributed by atoms with E-state index in [4.69, 9.17) is 0 Å². The summed E-state index contributed by atoms with van der Waals surface area (Å²) in [5.41, 5.74) is 3.75. The molecular weight excluding hydrogens is 263 g/mol. The Labute approximate surface area is 126 Å². The molecule has 2 aromatic carbocycles. The van der Waals surface area contributed by atoms with Crippen LogP contribution >= 0.6 is 0 Å². The minimum absolute atomic E-state index is 0.186. The van der Waals surface area contributed by atoms with Gasteiger partial charge in [0, 0.05) is 19.3 Å². The van der Waals surface area contributed by atoms with Gasteiger partial charge in [-0.15, -0.1) is 0 Å². The first-order valence-corrected chi connectivity index (χ1v) is 7.41. The second-order valence-corrected chi connectivity index (χ2v) is 5.36. The number of halogens is 1. The van der Waals surface area contributed by atoms with Crippen LogP contribution in [-0.4, -0.2) is 13.6 Å². The average Bonchev–Trinajstić information content (AvgIpc) is 2.48. The Bertz CT molecular complexity index is 578. The Balaban J connectivity index is 2.14. The summed E-state index contributed by atoms with van der Waals surface area (Å²) in [6.07, 6.45) is 1.08.